The van der Waals surface area contributed by atoms with Gasteiger partial charge in [0.15, 0.2) is 5.78 Å². The Morgan fingerprint density at radius 2 is 1.74 bits per heavy atom. The summed E-state index contributed by atoms with van der Waals surface area (Å²) in [5.74, 6) is 0.336. The highest BCUT2D eigenvalue weighted by Crippen LogP contribution is 2.40. The number of rotatable bonds is 4. The molecule has 118 valence electrons. The van der Waals surface area contributed by atoms with Crippen LogP contribution in [-0.4, -0.2) is 10.9 Å². The fourth-order valence-electron chi connectivity index (χ4n) is 2.86. The Labute approximate surface area is 141 Å². The summed E-state index contributed by atoms with van der Waals surface area (Å²) in [6, 6.07) is 18.1. The first kappa shape index (κ1) is 15.9. The molecule has 1 unspecified atom stereocenters. The van der Waals surface area contributed by atoms with Crippen molar-refractivity contribution in [2.24, 2.45) is 0 Å². The van der Waals surface area contributed by atoms with Crippen LogP contribution in [0.15, 0.2) is 70.2 Å². The molecule has 2 nitrogen and oxygen atoms in total. The maximum atomic E-state index is 12.5. The fraction of sp³-hybridized carbons (Fsp3) is 0.250. The first-order valence-electron chi connectivity index (χ1n) is 7.94. The smallest absolute Gasteiger partial charge is 0.173 e. The molecule has 1 aliphatic rings. The predicted molar refractivity (Wildman–Crippen MR) is 94.8 cm³/mol. The molecule has 2 aromatic rings. The molecule has 0 aromatic heterocycles. The summed E-state index contributed by atoms with van der Waals surface area (Å²) in [7, 11) is 0. The van der Waals surface area contributed by atoms with E-state index in [0.29, 0.717) is 17.7 Å². The standard InChI is InChI=1S/C20H20O2S/c1-2-14-8-10-17(11-9-14)23-20-18(21)12-16(13-19(20)22)15-6-4-3-5-7-15/h3-11,16,21H,2,12-13H2,1H3. The van der Waals surface area contributed by atoms with E-state index < -0.39 is 0 Å². The van der Waals surface area contributed by atoms with Gasteiger partial charge >= 0.3 is 0 Å². The fourth-order valence-corrected chi connectivity index (χ4v) is 3.77. The lowest BCUT2D eigenvalue weighted by Gasteiger charge is -2.23. The topological polar surface area (TPSA) is 37.3 Å². The number of carbonyl (C=O) groups excluding carboxylic acids is 1. The lowest BCUT2D eigenvalue weighted by Crippen LogP contribution is -2.17. The van der Waals surface area contributed by atoms with Crippen LogP contribution in [0.1, 0.15) is 36.8 Å². The second-order valence-electron chi connectivity index (χ2n) is 5.81. The van der Waals surface area contributed by atoms with Crippen molar-refractivity contribution in [3.05, 3.63) is 76.4 Å². The molecule has 0 heterocycles. The highest BCUT2D eigenvalue weighted by molar-refractivity contribution is 8.04. The van der Waals surface area contributed by atoms with Crippen molar-refractivity contribution in [2.75, 3.05) is 0 Å². The average molecular weight is 324 g/mol. The summed E-state index contributed by atoms with van der Waals surface area (Å²) in [5.41, 5.74) is 2.38. The number of benzene rings is 2. The van der Waals surface area contributed by atoms with Gasteiger partial charge in [0.25, 0.3) is 0 Å². The molecule has 0 saturated carbocycles. The van der Waals surface area contributed by atoms with Gasteiger partial charge in [-0.25, -0.2) is 0 Å². The number of thioether (sulfide) groups is 1. The average Bonchev–Trinajstić information content (AvgIpc) is 2.59. The number of aliphatic hydroxyl groups is 1. The SMILES string of the molecule is CCc1ccc(SC2=C(O)CC(c3ccccc3)CC2=O)cc1. The van der Waals surface area contributed by atoms with Gasteiger partial charge in [0.2, 0.25) is 0 Å². The quantitative estimate of drug-likeness (QED) is 0.834. The number of Topliss-reactive ketones (excluding diaryl/α,β-unsaturated/α-hetero) is 1. The number of hydrogen-bond acceptors (Lipinski definition) is 3. The number of allylic oxidation sites excluding steroid dienone is 2. The molecule has 1 N–H and O–H groups in total. The third-order valence-electron chi connectivity index (χ3n) is 4.21. The highest BCUT2D eigenvalue weighted by Gasteiger charge is 2.29. The minimum absolute atomic E-state index is 0.0344. The maximum Gasteiger partial charge on any atom is 0.173 e. The summed E-state index contributed by atoms with van der Waals surface area (Å²) in [5, 5.41) is 10.4. The zero-order valence-electron chi connectivity index (χ0n) is 13.2. The third-order valence-corrected chi connectivity index (χ3v) is 5.38. The van der Waals surface area contributed by atoms with Crippen LogP contribution in [0.4, 0.5) is 0 Å². The number of ketones is 1. The molecule has 0 spiro atoms. The van der Waals surface area contributed by atoms with Crippen molar-refractivity contribution in [3.63, 3.8) is 0 Å². The van der Waals surface area contributed by atoms with E-state index in [4.69, 9.17) is 0 Å². The van der Waals surface area contributed by atoms with Crippen LogP contribution in [0.25, 0.3) is 0 Å². The Morgan fingerprint density at radius 3 is 2.35 bits per heavy atom. The summed E-state index contributed by atoms with van der Waals surface area (Å²) >= 11 is 1.38. The third kappa shape index (κ3) is 3.67. The van der Waals surface area contributed by atoms with Crippen molar-refractivity contribution < 1.29 is 9.90 Å². The van der Waals surface area contributed by atoms with Crippen molar-refractivity contribution in [2.45, 2.75) is 37.0 Å². The molecule has 0 bridgehead atoms. The Hall–Kier alpha value is -2.00. The van der Waals surface area contributed by atoms with E-state index in [1.807, 2.05) is 42.5 Å². The molecule has 23 heavy (non-hydrogen) atoms. The van der Waals surface area contributed by atoms with Gasteiger partial charge in [-0.3, -0.25) is 4.79 Å². The zero-order valence-corrected chi connectivity index (χ0v) is 14.0. The molecule has 2 aromatic carbocycles. The van der Waals surface area contributed by atoms with Gasteiger partial charge in [0, 0.05) is 17.7 Å². The van der Waals surface area contributed by atoms with Crippen LogP contribution >= 0.6 is 11.8 Å². The van der Waals surface area contributed by atoms with E-state index >= 15 is 0 Å². The Balaban J connectivity index is 1.78. The summed E-state index contributed by atoms with van der Waals surface area (Å²) < 4.78 is 0. The van der Waals surface area contributed by atoms with Crippen LogP contribution < -0.4 is 0 Å². The van der Waals surface area contributed by atoms with Gasteiger partial charge < -0.3 is 5.11 Å². The molecule has 0 fully saturated rings. The number of aliphatic hydroxyl groups excluding tert-OH is 1. The van der Waals surface area contributed by atoms with Crippen LogP contribution in [-0.2, 0) is 11.2 Å². The molecule has 0 saturated heterocycles. The molecule has 1 atom stereocenters. The number of hydrogen-bond donors (Lipinski definition) is 1. The van der Waals surface area contributed by atoms with Gasteiger partial charge in [-0.1, -0.05) is 61.2 Å². The molecule has 1 aliphatic carbocycles. The van der Waals surface area contributed by atoms with Crippen LogP contribution in [0.5, 0.6) is 0 Å². The van der Waals surface area contributed by atoms with Gasteiger partial charge in [-0.2, -0.15) is 0 Å². The lowest BCUT2D eigenvalue weighted by atomic mass is 9.86. The second kappa shape index (κ2) is 7.05. The van der Waals surface area contributed by atoms with Crippen molar-refractivity contribution in [1.82, 2.24) is 0 Å². The minimum Gasteiger partial charge on any atom is -0.511 e. The molecular formula is C20H20O2S. The molecule has 3 rings (SSSR count). The molecular weight excluding hydrogens is 304 g/mol. The van der Waals surface area contributed by atoms with Crippen molar-refractivity contribution in [3.8, 4) is 0 Å². The van der Waals surface area contributed by atoms with Gasteiger partial charge in [-0.15, -0.1) is 0 Å². The Bertz CT molecular complexity index is 717. The molecule has 0 amide bonds. The normalized spacial score (nSPS) is 18.3. The van der Waals surface area contributed by atoms with Crippen LogP contribution in [0.3, 0.4) is 0 Å². The highest BCUT2D eigenvalue weighted by atomic mass is 32.2. The summed E-state index contributed by atoms with van der Waals surface area (Å²) in [6.07, 6.45) is 1.99. The summed E-state index contributed by atoms with van der Waals surface area (Å²) in [6.45, 7) is 2.12. The first-order valence-corrected chi connectivity index (χ1v) is 8.76. The molecule has 0 radical (unpaired) electrons. The number of aryl methyl sites for hydroxylation is 1. The van der Waals surface area contributed by atoms with E-state index in [9.17, 15) is 9.90 Å². The van der Waals surface area contributed by atoms with Gasteiger partial charge in [0.05, 0.1) is 4.91 Å². The second-order valence-corrected chi connectivity index (χ2v) is 6.90. The van der Waals surface area contributed by atoms with Gasteiger partial charge in [-0.05, 0) is 35.6 Å². The van der Waals surface area contributed by atoms with E-state index in [-0.39, 0.29) is 17.5 Å². The first-order chi connectivity index (χ1) is 11.2. The molecule has 0 aliphatic heterocycles. The van der Waals surface area contributed by atoms with E-state index in [0.717, 1.165) is 16.9 Å². The lowest BCUT2D eigenvalue weighted by molar-refractivity contribution is -0.115. The van der Waals surface area contributed by atoms with Crippen LogP contribution in [0.2, 0.25) is 0 Å². The van der Waals surface area contributed by atoms with E-state index in [1.54, 1.807) is 0 Å². The van der Waals surface area contributed by atoms with E-state index in [2.05, 4.69) is 19.1 Å². The monoisotopic (exact) mass is 324 g/mol. The Kier molecular flexibility index (Phi) is 4.87. The minimum atomic E-state index is 0.0344. The maximum absolute atomic E-state index is 12.5. The summed E-state index contributed by atoms with van der Waals surface area (Å²) in [4.78, 5) is 14.0. The number of carbonyl (C=O) groups is 1. The van der Waals surface area contributed by atoms with E-state index in [1.165, 1.54) is 17.3 Å². The van der Waals surface area contributed by atoms with Crippen molar-refractivity contribution >= 4 is 17.5 Å². The van der Waals surface area contributed by atoms with Crippen LogP contribution in [0, 0.1) is 0 Å². The van der Waals surface area contributed by atoms with Gasteiger partial charge in [0.1, 0.15) is 5.76 Å². The largest absolute Gasteiger partial charge is 0.511 e. The molecule has 3 heteroatoms. The van der Waals surface area contributed by atoms with Crippen molar-refractivity contribution in [1.29, 1.82) is 0 Å². The zero-order chi connectivity index (χ0) is 16.2. The Morgan fingerprint density at radius 1 is 1.04 bits per heavy atom. The predicted octanol–water partition coefficient (Wildman–Crippen LogP) is 5.26.